The van der Waals surface area contributed by atoms with E-state index in [0.717, 1.165) is 34.2 Å². The van der Waals surface area contributed by atoms with Gasteiger partial charge in [0.2, 0.25) is 0 Å². The number of anilines is 4. The van der Waals surface area contributed by atoms with Crippen LogP contribution in [-0.2, 0) is 21.7 Å². The third kappa shape index (κ3) is 8.09. The van der Waals surface area contributed by atoms with Gasteiger partial charge >= 0.3 is 256 Å². The van der Waals surface area contributed by atoms with Crippen LogP contribution in [0.3, 0.4) is 0 Å². The van der Waals surface area contributed by atoms with E-state index in [4.69, 9.17) is 9.72 Å². The fourth-order valence-electron chi connectivity index (χ4n) is 10.2. The standard InChI is InChI=1S/C64H64N4OSe/c1-61(2,3)42-28-29-65-57(35-42)68-53-26-19-27-55-58(53)59-54(68)37-48(38-56(59)70-55)69-47-23-18-22-46(36-47)66-39-67(52-25-17-16-24-51(52)66)60-49(40-20-14-13-15-21-40)33-45(64(10,11)12)34-50(60)41-30-43(62(4,5)6)32-44(31-41)63(7,8)9/h13-38H,39H2,1-12H3. The molecule has 4 heterocycles. The molecule has 7 aromatic carbocycles. The van der Waals surface area contributed by atoms with E-state index in [1.165, 1.54) is 80.7 Å². The van der Waals surface area contributed by atoms with Crippen molar-refractivity contribution in [3.63, 3.8) is 0 Å². The summed E-state index contributed by atoms with van der Waals surface area (Å²) in [5.41, 5.74) is 17.0. The molecule has 1 aliphatic heterocycles. The van der Waals surface area contributed by atoms with Crippen molar-refractivity contribution in [1.82, 2.24) is 9.55 Å². The molecule has 11 rings (SSSR count). The average molecular weight is 984 g/mol. The van der Waals surface area contributed by atoms with Gasteiger partial charge < -0.3 is 0 Å². The van der Waals surface area contributed by atoms with Crippen LogP contribution < -0.4 is 14.5 Å². The van der Waals surface area contributed by atoms with Crippen LogP contribution in [0.1, 0.15) is 105 Å². The van der Waals surface area contributed by atoms with Gasteiger partial charge in [-0.3, -0.25) is 0 Å². The second-order valence-electron chi connectivity index (χ2n) is 23.5. The molecule has 0 N–H and O–H groups in total. The molecule has 0 radical (unpaired) electrons. The van der Waals surface area contributed by atoms with Crippen LogP contribution in [0.25, 0.3) is 58.4 Å². The minimum absolute atomic E-state index is 0.00329. The van der Waals surface area contributed by atoms with E-state index in [2.05, 4.69) is 249 Å². The van der Waals surface area contributed by atoms with Crippen LogP contribution in [0.5, 0.6) is 11.5 Å². The van der Waals surface area contributed by atoms with Crippen molar-refractivity contribution in [2.75, 3.05) is 16.5 Å². The Labute approximate surface area is 420 Å². The average Bonchev–Trinajstić information content (AvgIpc) is 4.01. The van der Waals surface area contributed by atoms with E-state index >= 15 is 0 Å². The molecule has 0 aliphatic carbocycles. The maximum atomic E-state index is 6.99. The van der Waals surface area contributed by atoms with Crippen molar-refractivity contribution in [3.05, 3.63) is 180 Å². The zero-order chi connectivity index (χ0) is 49.1. The zero-order valence-electron chi connectivity index (χ0n) is 42.8. The molecule has 0 fully saturated rings. The molecule has 10 aromatic rings. The van der Waals surface area contributed by atoms with Crippen molar-refractivity contribution in [2.45, 2.75) is 105 Å². The normalized spacial score (nSPS) is 13.6. The Bertz CT molecular complexity index is 3570. The second-order valence-corrected chi connectivity index (χ2v) is 25.8. The summed E-state index contributed by atoms with van der Waals surface area (Å²) in [4.78, 5) is 9.97. The molecule has 5 nitrogen and oxygen atoms in total. The second kappa shape index (κ2) is 16.5. The van der Waals surface area contributed by atoms with Gasteiger partial charge in [-0.15, -0.1) is 0 Å². The number of fused-ring (bicyclic) bond motifs is 1. The van der Waals surface area contributed by atoms with Crippen molar-refractivity contribution in [2.24, 2.45) is 0 Å². The first-order valence-corrected chi connectivity index (χ1v) is 26.5. The minimum Gasteiger partial charge on any atom is -0.0561 e. The van der Waals surface area contributed by atoms with E-state index in [9.17, 15) is 0 Å². The van der Waals surface area contributed by atoms with Crippen LogP contribution in [0, 0.1) is 0 Å². The Morgan fingerprint density at radius 3 is 1.73 bits per heavy atom. The number of aromatic nitrogens is 2. The number of benzene rings is 7. The molecule has 352 valence electrons. The Kier molecular flexibility index (Phi) is 10.8. The van der Waals surface area contributed by atoms with Crippen LogP contribution in [0.2, 0.25) is 0 Å². The molecule has 0 unspecified atom stereocenters. The van der Waals surface area contributed by atoms with Gasteiger partial charge in [-0.1, -0.05) is 111 Å². The minimum atomic E-state index is -0.0852. The fourth-order valence-corrected chi connectivity index (χ4v) is 12.7. The number of nitrogens with zero attached hydrogens (tertiary/aromatic N) is 4. The van der Waals surface area contributed by atoms with Gasteiger partial charge in [0.05, 0.1) is 0 Å². The Morgan fingerprint density at radius 2 is 1.06 bits per heavy atom. The SMILES string of the molecule is CC(C)(C)c1cc(-c2cc(C(C)(C)C)cc(-c3ccccc3)c2N2CN(c3cccc(Oc4cc5[se]c6cccc7c6c5c(c4)n7-c4cc(C(C)(C)C)ccn4)c3)c3ccccc32)cc(C(C)(C)C)c1. The van der Waals surface area contributed by atoms with E-state index < -0.39 is 0 Å². The molecule has 0 atom stereocenters. The zero-order valence-corrected chi connectivity index (χ0v) is 44.5. The van der Waals surface area contributed by atoms with Gasteiger partial charge in [0.25, 0.3) is 0 Å². The topological polar surface area (TPSA) is 33.5 Å². The summed E-state index contributed by atoms with van der Waals surface area (Å²) in [5.74, 6) is 2.57. The maximum Gasteiger partial charge on any atom is -0.0132 e. The van der Waals surface area contributed by atoms with Crippen molar-refractivity contribution < 1.29 is 4.74 Å². The number of pyridine rings is 1. The fraction of sp³-hybridized carbons (Fsp3) is 0.266. The number of ether oxygens (including phenoxy) is 1. The summed E-state index contributed by atoms with van der Waals surface area (Å²) < 4.78 is 12.1. The number of hydrogen-bond acceptors (Lipinski definition) is 4. The van der Waals surface area contributed by atoms with Crippen LogP contribution in [-0.4, -0.2) is 30.7 Å². The molecule has 6 heteroatoms. The first kappa shape index (κ1) is 45.8. The first-order chi connectivity index (χ1) is 33.2. The van der Waals surface area contributed by atoms with Gasteiger partial charge in [0, 0.05) is 0 Å². The van der Waals surface area contributed by atoms with Crippen LogP contribution in [0.4, 0.5) is 22.7 Å². The predicted molar refractivity (Wildman–Crippen MR) is 298 cm³/mol. The summed E-state index contributed by atoms with van der Waals surface area (Å²) in [6.07, 6.45) is 1.95. The Hall–Kier alpha value is -6.59. The van der Waals surface area contributed by atoms with Crippen molar-refractivity contribution in [3.8, 4) is 39.6 Å². The van der Waals surface area contributed by atoms with E-state index in [-0.39, 0.29) is 36.2 Å². The quantitative estimate of drug-likeness (QED) is 0.149. The van der Waals surface area contributed by atoms with Gasteiger partial charge in [0.1, 0.15) is 0 Å². The van der Waals surface area contributed by atoms with E-state index in [1.54, 1.807) is 0 Å². The van der Waals surface area contributed by atoms with Crippen LogP contribution in [0.15, 0.2) is 158 Å². The summed E-state index contributed by atoms with van der Waals surface area (Å²) in [5, 5.41) is 2.68. The largest absolute Gasteiger partial charge is 0.0561 e. The molecule has 0 saturated carbocycles. The molecule has 70 heavy (non-hydrogen) atoms. The van der Waals surface area contributed by atoms with Crippen molar-refractivity contribution >= 4 is 67.6 Å². The molecular formula is C64H64N4OSe. The number of rotatable bonds is 7. The predicted octanol–water partition coefficient (Wildman–Crippen LogP) is 17.4. The third-order valence-corrected chi connectivity index (χ3v) is 16.6. The Balaban J connectivity index is 1.04. The first-order valence-electron chi connectivity index (χ1n) is 24.8. The maximum absolute atomic E-state index is 6.99. The van der Waals surface area contributed by atoms with Crippen LogP contribution >= 0.6 is 0 Å². The molecule has 0 spiro atoms. The summed E-state index contributed by atoms with van der Waals surface area (Å²) in [7, 11) is 0. The summed E-state index contributed by atoms with van der Waals surface area (Å²) in [6, 6.07) is 56.4. The number of hydrogen-bond donors (Lipinski definition) is 0. The Morgan fingerprint density at radius 1 is 0.457 bits per heavy atom. The number of para-hydroxylation sites is 2. The van der Waals surface area contributed by atoms with Gasteiger partial charge in [-0.05, 0) is 56.2 Å². The molecule has 0 saturated heterocycles. The molecule has 3 aromatic heterocycles. The van der Waals surface area contributed by atoms with Gasteiger partial charge in [0.15, 0.2) is 0 Å². The third-order valence-electron chi connectivity index (χ3n) is 14.3. The summed E-state index contributed by atoms with van der Waals surface area (Å²) in [6.45, 7) is 28.4. The molecular weight excluding hydrogens is 920 g/mol. The smallest absolute Gasteiger partial charge is 0.0132 e. The van der Waals surface area contributed by atoms with Crippen molar-refractivity contribution in [1.29, 1.82) is 0 Å². The molecule has 0 amide bonds. The van der Waals surface area contributed by atoms with Gasteiger partial charge in [-0.25, -0.2) is 0 Å². The molecule has 0 bridgehead atoms. The van der Waals surface area contributed by atoms with E-state index in [1.807, 2.05) is 6.20 Å². The van der Waals surface area contributed by atoms with E-state index in [0.29, 0.717) is 6.67 Å². The summed E-state index contributed by atoms with van der Waals surface area (Å²) >= 11 is 0.178. The van der Waals surface area contributed by atoms with Gasteiger partial charge in [-0.2, -0.15) is 0 Å². The monoisotopic (exact) mass is 984 g/mol. The molecule has 1 aliphatic rings.